The van der Waals surface area contributed by atoms with Crippen LogP contribution in [0, 0.1) is 5.82 Å². The summed E-state index contributed by atoms with van der Waals surface area (Å²) in [7, 11) is 2.98. The SMILES string of the molecule is COc1cc2c(cc1OC)C(=O)Cc1c(F)cccc1O2. The molecule has 1 aliphatic rings. The third-order valence-electron chi connectivity index (χ3n) is 3.42. The van der Waals surface area contributed by atoms with Gasteiger partial charge >= 0.3 is 0 Å². The number of carbonyl (C=O) groups is 1. The van der Waals surface area contributed by atoms with Gasteiger partial charge in [0.2, 0.25) is 0 Å². The number of hydrogen-bond acceptors (Lipinski definition) is 4. The second-order valence-corrected chi connectivity index (χ2v) is 4.62. The highest BCUT2D eigenvalue weighted by Crippen LogP contribution is 2.40. The number of carbonyl (C=O) groups excluding carboxylic acids is 1. The minimum absolute atomic E-state index is 0.0511. The molecule has 0 saturated heterocycles. The fraction of sp³-hybridized carbons (Fsp3) is 0.188. The number of hydrogen-bond donors (Lipinski definition) is 0. The summed E-state index contributed by atoms with van der Waals surface area (Å²) in [5.74, 6) is 0.877. The van der Waals surface area contributed by atoms with E-state index in [1.165, 1.54) is 20.3 Å². The predicted octanol–water partition coefficient (Wildman–Crippen LogP) is 3.37. The van der Waals surface area contributed by atoms with Crippen molar-refractivity contribution >= 4 is 5.78 Å². The third-order valence-corrected chi connectivity index (χ3v) is 3.42. The maximum Gasteiger partial charge on any atom is 0.171 e. The van der Waals surface area contributed by atoms with Gasteiger partial charge < -0.3 is 14.2 Å². The second kappa shape index (κ2) is 5.09. The van der Waals surface area contributed by atoms with Gasteiger partial charge in [-0.1, -0.05) is 6.07 Å². The molecule has 1 aliphatic heterocycles. The molecule has 0 amide bonds. The summed E-state index contributed by atoms with van der Waals surface area (Å²) in [5.41, 5.74) is 0.611. The van der Waals surface area contributed by atoms with Gasteiger partial charge in [0.25, 0.3) is 0 Å². The average molecular weight is 288 g/mol. The Balaban J connectivity index is 2.18. The van der Waals surface area contributed by atoms with Gasteiger partial charge in [-0.15, -0.1) is 0 Å². The van der Waals surface area contributed by atoms with E-state index >= 15 is 0 Å². The van der Waals surface area contributed by atoms with Crippen molar-refractivity contribution in [3.05, 3.63) is 47.3 Å². The Morgan fingerprint density at radius 3 is 2.52 bits per heavy atom. The van der Waals surface area contributed by atoms with Crippen LogP contribution in [-0.2, 0) is 6.42 Å². The first kappa shape index (κ1) is 13.4. The Bertz CT molecular complexity index is 724. The fourth-order valence-corrected chi connectivity index (χ4v) is 2.34. The maximum atomic E-state index is 13.9. The molecule has 0 bridgehead atoms. The molecule has 0 N–H and O–H groups in total. The van der Waals surface area contributed by atoms with Crippen LogP contribution in [0.25, 0.3) is 0 Å². The minimum Gasteiger partial charge on any atom is -0.493 e. The summed E-state index contributed by atoms with van der Waals surface area (Å²) in [6, 6.07) is 7.63. The zero-order valence-corrected chi connectivity index (χ0v) is 11.6. The van der Waals surface area contributed by atoms with Crippen LogP contribution in [0.4, 0.5) is 4.39 Å². The highest BCUT2D eigenvalue weighted by molar-refractivity contribution is 6.01. The molecule has 0 fully saturated rings. The zero-order valence-electron chi connectivity index (χ0n) is 11.6. The van der Waals surface area contributed by atoms with E-state index in [2.05, 4.69) is 0 Å². The van der Waals surface area contributed by atoms with Crippen LogP contribution in [0.15, 0.2) is 30.3 Å². The lowest BCUT2D eigenvalue weighted by molar-refractivity contribution is 0.0992. The smallest absolute Gasteiger partial charge is 0.171 e. The van der Waals surface area contributed by atoms with E-state index in [-0.39, 0.29) is 17.8 Å². The van der Waals surface area contributed by atoms with Crippen LogP contribution < -0.4 is 14.2 Å². The van der Waals surface area contributed by atoms with Crippen LogP contribution in [0.2, 0.25) is 0 Å². The zero-order chi connectivity index (χ0) is 15.0. The Kier molecular flexibility index (Phi) is 3.25. The number of Topliss-reactive ketones (excluding diaryl/α,β-unsaturated/α-hetero) is 1. The maximum absolute atomic E-state index is 13.9. The Labute approximate surface area is 121 Å². The van der Waals surface area contributed by atoms with Crippen LogP contribution in [0.3, 0.4) is 0 Å². The van der Waals surface area contributed by atoms with Gasteiger partial charge in [0, 0.05) is 18.1 Å². The van der Waals surface area contributed by atoms with E-state index in [0.717, 1.165) is 0 Å². The number of halogens is 1. The molecule has 2 aromatic rings. The number of rotatable bonds is 2. The second-order valence-electron chi connectivity index (χ2n) is 4.62. The lowest BCUT2D eigenvalue weighted by Gasteiger charge is -2.12. The van der Waals surface area contributed by atoms with Gasteiger partial charge in [0.15, 0.2) is 17.3 Å². The number of fused-ring (bicyclic) bond motifs is 2. The van der Waals surface area contributed by atoms with Gasteiger partial charge in [0.1, 0.15) is 17.3 Å². The van der Waals surface area contributed by atoms with E-state index in [1.807, 2.05) is 0 Å². The summed E-state index contributed by atoms with van der Waals surface area (Å²) in [5, 5.41) is 0. The standard InChI is InChI=1S/C16H13FO4/c1-19-15-7-10-12(18)6-9-11(17)4-3-5-13(9)21-14(10)8-16(15)20-2/h3-5,7-8H,6H2,1-2H3. The molecule has 0 unspecified atom stereocenters. The molecule has 2 aromatic carbocycles. The third kappa shape index (κ3) is 2.20. The van der Waals surface area contributed by atoms with Crippen molar-refractivity contribution in [1.29, 1.82) is 0 Å². The van der Waals surface area contributed by atoms with Crippen molar-refractivity contribution in [2.75, 3.05) is 14.2 Å². The molecule has 5 heteroatoms. The summed E-state index contributed by atoms with van der Waals surface area (Å²) >= 11 is 0. The highest BCUT2D eigenvalue weighted by Gasteiger charge is 2.25. The first-order valence-corrected chi connectivity index (χ1v) is 6.38. The molecule has 0 saturated carbocycles. The predicted molar refractivity (Wildman–Crippen MR) is 74.1 cm³/mol. The lowest BCUT2D eigenvalue weighted by Crippen LogP contribution is -2.04. The van der Waals surface area contributed by atoms with Crippen molar-refractivity contribution in [2.24, 2.45) is 0 Å². The van der Waals surface area contributed by atoms with E-state index in [4.69, 9.17) is 14.2 Å². The van der Waals surface area contributed by atoms with Gasteiger partial charge in [-0.3, -0.25) is 4.79 Å². The van der Waals surface area contributed by atoms with Crippen LogP contribution in [-0.4, -0.2) is 20.0 Å². The number of benzene rings is 2. The van der Waals surface area contributed by atoms with E-state index in [0.29, 0.717) is 28.6 Å². The molecular weight excluding hydrogens is 275 g/mol. The van der Waals surface area contributed by atoms with Gasteiger partial charge in [-0.05, 0) is 18.2 Å². The molecule has 1 heterocycles. The van der Waals surface area contributed by atoms with Crippen LogP contribution in [0.1, 0.15) is 15.9 Å². The van der Waals surface area contributed by atoms with Gasteiger partial charge in [-0.25, -0.2) is 4.39 Å². The molecule has 108 valence electrons. The molecule has 0 aromatic heterocycles. The van der Waals surface area contributed by atoms with Crippen LogP contribution in [0.5, 0.6) is 23.0 Å². The summed E-state index contributed by atoms with van der Waals surface area (Å²) < 4.78 is 29.9. The fourth-order valence-electron chi connectivity index (χ4n) is 2.34. The highest BCUT2D eigenvalue weighted by atomic mass is 19.1. The quantitative estimate of drug-likeness (QED) is 0.850. The normalized spacial score (nSPS) is 12.8. The Hall–Kier alpha value is -2.56. The van der Waals surface area contributed by atoms with Crippen molar-refractivity contribution in [1.82, 2.24) is 0 Å². The van der Waals surface area contributed by atoms with Crippen molar-refractivity contribution in [2.45, 2.75) is 6.42 Å². The molecule has 21 heavy (non-hydrogen) atoms. The van der Waals surface area contributed by atoms with E-state index in [9.17, 15) is 9.18 Å². The molecule has 0 spiro atoms. The largest absolute Gasteiger partial charge is 0.493 e. The van der Waals surface area contributed by atoms with Crippen LogP contribution >= 0.6 is 0 Å². The van der Waals surface area contributed by atoms with Gasteiger partial charge in [-0.2, -0.15) is 0 Å². The number of ether oxygens (including phenoxy) is 3. The van der Waals surface area contributed by atoms with Crippen molar-refractivity contribution in [3.8, 4) is 23.0 Å². The molecule has 4 nitrogen and oxygen atoms in total. The average Bonchev–Trinajstić information content (AvgIpc) is 2.63. The minimum atomic E-state index is -0.451. The molecule has 3 rings (SSSR count). The topological polar surface area (TPSA) is 44.8 Å². The molecule has 0 atom stereocenters. The van der Waals surface area contributed by atoms with Crippen molar-refractivity contribution in [3.63, 3.8) is 0 Å². The lowest BCUT2D eigenvalue weighted by atomic mass is 10.0. The molecule has 0 aliphatic carbocycles. The molecular formula is C16H13FO4. The first-order valence-electron chi connectivity index (χ1n) is 6.38. The van der Waals surface area contributed by atoms with Crippen molar-refractivity contribution < 1.29 is 23.4 Å². The summed E-state index contributed by atoms with van der Waals surface area (Å²) in [6.07, 6.45) is -0.0511. The first-order chi connectivity index (χ1) is 10.1. The van der Waals surface area contributed by atoms with E-state index in [1.54, 1.807) is 24.3 Å². The summed E-state index contributed by atoms with van der Waals surface area (Å²) in [6.45, 7) is 0. The van der Waals surface area contributed by atoms with E-state index < -0.39 is 5.82 Å². The monoisotopic (exact) mass is 288 g/mol. The Morgan fingerprint density at radius 1 is 1.10 bits per heavy atom. The summed E-state index contributed by atoms with van der Waals surface area (Å²) in [4.78, 5) is 12.3. The molecule has 0 radical (unpaired) electrons. The van der Waals surface area contributed by atoms with Gasteiger partial charge in [0.05, 0.1) is 19.8 Å². The number of methoxy groups -OCH3 is 2. The number of ketones is 1. The Morgan fingerprint density at radius 2 is 1.81 bits per heavy atom.